The third kappa shape index (κ3) is 3.45. The van der Waals surface area contributed by atoms with Crippen LogP contribution < -0.4 is 15.9 Å². The van der Waals surface area contributed by atoms with Gasteiger partial charge in [0, 0.05) is 28.3 Å². The highest BCUT2D eigenvalue weighted by molar-refractivity contribution is 7.87. The number of pyridine rings is 1. The van der Waals surface area contributed by atoms with Gasteiger partial charge in [-0.25, -0.2) is 4.74 Å². The summed E-state index contributed by atoms with van der Waals surface area (Å²) in [6.45, 7) is 0. The molecule has 3 nitrogen and oxygen atoms in total. The molecule has 0 bridgehead atoms. The van der Waals surface area contributed by atoms with Crippen LogP contribution in [-0.2, 0) is 0 Å². The van der Waals surface area contributed by atoms with Crippen molar-refractivity contribution in [2.75, 3.05) is 0 Å². The number of hydrogen-bond acceptors (Lipinski definition) is 2. The second kappa shape index (κ2) is 8.16. The van der Waals surface area contributed by atoms with Crippen LogP contribution in [0.15, 0.2) is 120 Å². The molecule has 0 aliphatic carbocycles. The third-order valence-corrected chi connectivity index (χ3v) is 8.16. The van der Waals surface area contributed by atoms with Crippen LogP contribution in [-0.4, -0.2) is 10.9 Å². The van der Waals surface area contributed by atoms with E-state index < -0.39 is 7.05 Å². The molecule has 0 N–H and O–H groups in total. The first-order valence-corrected chi connectivity index (χ1v) is 10.8. The van der Waals surface area contributed by atoms with Gasteiger partial charge in [-0.1, -0.05) is 91.0 Å². The second-order valence-corrected chi connectivity index (χ2v) is 9.31. The molecule has 0 fully saturated rings. The summed E-state index contributed by atoms with van der Waals surface area (Å²) in [6.07, 6.45) is 3.23. The van der Waals surface area contributed by atoms with Crippen molar-refractivity contribution in [3.8, 4) is 0 Å². The Kier molecular flexibility index (Phi) is 5.27. The zero-order valence-corrected chi connectivity index (χ0v) is 16.1. The summed E-state index contributed by atoms with van der Waals surface area (Å²) >= 11 is 0. The Morgan fingerprint density at radius 1 is 0.643 bits per heavy atom. The molecule has 0 spiro atoms. The standard InChI is InChI=1S/C24H19N2OP/c27-24(20-11-10-18-25-19-20)26-28(21-12-4-1-5-13-21,22-14-6-2-7-15-22)23-16-8-3-9-17-23/h1-19H. The number of benzene rings is 3. The molecule has 28 heavy (non-hydrogen) atoms. The first kappa shape index (κ1) is 18.1. The van der Waals surface area contributed by atoms with Crippen molar-refractivity contribution in [3.05, 3.63) is 121 Å². The van der Waals surface area contributed by atoms with E-state index in [0.29, 0.717) is 5.56 Å². The topological polar surface area (TPSA) is 42.3 Å². The molecule has 0 atom stereocenters. The minimum atomic E-state index is -2.53. The Balaban J connectivity index is 2.07. The maximum absolute atomic E-state index is 13.2. The number of amides is 1. The monoisotopic (exact) mass is 382 g/mol. The Morgan fingerprint density at radius 3 is 1.50 bits per heavy atom. The van der Waals surface area contributed by atoms with Gasteiger partial charge in [0.1, 0.15) is 0 Å². The van der Waals surface area contributed by atoms with E-state index in [0.717, 1.165) is 15.9 Å². The van der Waals surface area contributed by atoms with E-state index in [1.165, 1.54) is 0 Å². The molecule has 0 aliphatic heterocycles. The fourth-order valence-electron chi connectivity index (χ4n) is 3.23. The third-order valence-electron chi connectivity index (χ3n) is 4.54. The minimum absolute atomic E-state index is 0.252. The molecule has 0 saturated carbocycles. The Bertz CT molecular complexity index is 1010. The highest BCUT2D eigenvalue weighted by Gasteiger charge is 2.28. The lowest BCUT2D eigenvalue weighted by atomic mass is 10.3. The van der Waals surface area contributed by atoms with Gasteiger partial charge in [0.2, 0.25) is 0 Å². The molecule has 0 aliphatic rings. The zero-order chi connectivity index (χ0) is 19.2. The van der Waals surface area contributed by atoms with Crippen LogP contribution in [0.1, 0.15) is 10.4 Å². The summed E-state index contributed by atoms with van der Waals surface area (Å²) in [4.78, 5) is 17.3. The number of rotatable bonds is 4. The van der Waals surface area contributed by atoms with Gasteiger partial charge in [0.15, 0.2) is 0 Å². The van der Waals surface area contributed by atoms with Gasteiger partial charge in [-0.15, -0.1) is 0 Å². The van der Waals surface area contributed by atoms with Crippen molar-refractivity contribution >= 4 is 28.9 Å². The number of carbonyl (C=O) groups excluding carboxylic acids is 1. The molecular formula is C24H19N2OP. The van der Waals surface area contributed by atoms with E-state index in [4.69, 9.17) is 4.74 Å². The highest BCUT2D eigenvalue weighted by atomic mass is 31.2. The van der Waals surface area contributed by atoms with Gasteiger partial charge in [-0.05, 0) is 12.1 Å². The minimum Gasteiger partial charge on any atom is -0.267 e. The average Bonchev–Trinajstić information content (AvgIpc) is 2.80. The molecule has 1 amide bonds. The van der Waals surface area contributed by atoms with Gasteiger partial charge in [0.25, 0.3) is 5.91 Å². The summed E-state index contributed by atoms with van der Waals surface area (Å²) in [5, 5.41) is 3.14. The Labute approximate surface area is 164 Å². The zero-order valence-electron chi connectivity index (χ0n) is 15.2. The molecule has 0 unspecified atom stereocenters. The van der Waals surface area contributed by atoms with Crippen molar-refractivity contribution in [1.82, 2.24) is 4.98 Å². The van der Waals surface area contributed by atoms with Crippen molar-refractivity contribution in [2.24, 2.45) is 4.74 Å². The van der Waals surface area contributed by atoms with E-state index in [1.807, 2.05) is 54.6 Å². The normalized spacial score (nSPS) is 11.0. The molecule has 1 heterocycles. The van der Waals surface area contributed by atoms with E-state index in [1.54, 1.807) is 24.5 Å². The molecular weight excluding hydrogens is 363 g/mol. The number of carbonyl (C=O) groups is 1. The van der Waals surface area contributed by atoms with Crippen LogP contribution >= 0.6 is 7.05 Å². The molecule has 4 heteroatoms. The Hall–Kier alpha value is -3.29. The van der Waals surface area contributed by atoms with Crippen LogP contribution in [0.2, 0.25) is 0 Å². The molecule has 4 aromatic rings. The smallest absolute Gasteiger partial charge is 0.267 e. The average molecular weight is 382 g/mol. The summed E-state index contributed by atoms with van der Waals surface area (Å²) < 4.78 is 4.92. The second-order valence-electron chi connectivity index (χ2n) is 6.29. The lowest BCUT2D eigenvalue weighted by Crippen LogP contribution is -2.26. The molecule has 4 rings (SSSR count). The lowest BCUT2D eigenvalue weighted by Gasteiger charge is -2.26. The predicted molar refractivity (Wildman–Crippen MR) is 116 cm³/mol. The van der Waals surface area contributed by atoms with Gasteiger partial charge < -0.3 is 0 Å². The predicted octanol–water partition coefficient (Wildman–Crippen LogP) is 4.40. The van der Waals surface area contributed by atoms with Gasteiger partial charge in [0.05, 0.1) is 12.6 Å². The van der Waals surface area contributed by atoms with Crippen LogP contribution in [0.4, 0.5) is 0 Å². The maximum atomic E-state index is 13.2. The molecule has 0 saturated heterocycles. The van der Waals surface area contributed by atoms with Crippen molar-refractivity contribution in [3.63, 3.8) is 0 Å². The van der Waals surface area contributed by atoms with Crippen molar-refractivity contribution in [2.45, 2.75) is 0 Å². The number of hydrogen-bond donors (Lipinski definition) is 0. The summed E-state index contributed by atoms with van der Waals surface area (Å²) in [5.41, 5.74) is 0.495. The largest absolute Gasteiger partial charge is 0.278 e. The summed E-state index contributed by atoms with van der Waals surface area (Å²) in [7, 11) is -2.53. The quantitative estimate of drug-likeness (QED) is 0.491. The van der Waals surface area contributed by atoms with E-state index in [-0.39, 0.29) is 5.91 Å². The van der Waals surface area contributed by atoms with Crippen LogP contribution in [0.3, 0.4) is 0 Å². The molecule has 0 radical (unpaired) electrons. The van der Waals surface area contributed by atoms with Crippen LogP contribution in [0.25, 0.3) is 0 Å². The fraction of sp³-hybridized carbons (Fsp3) is 0. The Morgan fingerprint density at radius 2 is 1.11 bits per heavy atom. The van der Waals surface area contributed by atoms with Crippen LogP contribution in [0.5, 0.6) is 0 Å². The molecule has 1 aromatic heterocycles. The van der Waals surface area contributed by atoms with Crippen molar-refractivity contribution < 1.29 is 4.79 Å². The first-order valence-electron chi connectivity index (χ1n) is 9.04. The van der Waals surface area contributed by atoms with Gasteiger partial charge in [-0.3, -0.25) is 9.78 Å². The summed E-state index contributed by atoms with van der Waals surface area (Å²) in [6, 6.07) is 33.8. The van der Waals surface area contributed by atoms with E-state index in [9.17, 15) is 4.79 Å². The van der Waals surface area contributed by atoms with Crippen molar-refractivity contribution in [1.29, 1.82) is 0 Å². The first-order chi connectivity index (χ1) is 13.8. The fourth-order valence-corrected chi connectivity index (χ4v) is 6.67. The lowest BCUT2D eigenvalue weighted by molar-refractivity contribution is 0.100. The number of nitrogens with zero attached hydrogens (tertiary/aromatic N) is 2. The van der Waals surface area contributed by atoms with Crippen LogP contribution in [0, 0.1) is 0 Å². The van der Waals surface area contributed by atoms with Gasteiger partial charge >= 0.3 is 0 Å². The highest BCUT2D eigenvalue weighted by Crippen LogP contribution is 2.46. The number of aromatic nitrogens is 1. The SMILES string of the molecule is O=C(N=P(c1ccccc1)(c1ccccc1)c1ccccc1)c1cccnc1. The summed E-state index contributed by atoms with van der Waals surface area (Å²) in [5.74, 6) is -0.252. The molecule has 136 valence electrons. The van der Waals surface area contributed by atoms with E-state index in [2.05, 4.69) is 41.4 Å². The maximum Gasteiger partial charge on any atom is 0.278 e. The van der Waals surface area contributed by atoms with E-state index >= 15 is 0 Å². The van der Waals surface area contributed by atoms with Gasteiger partial charge in [-0.2, -0.15) is 0 Å². The molecule has 3 aromatic carbocycles.